The van der Waals surface area contributed by atoms with Crippen LogP contribution in [0.4, 0.5) is 5.00 Å². The van der Waals surface area contributed by atoms with E-state index in [2.05, 4.69) is 4.98 Å². The number of hydrogen-bond acceptors (Lipinski definition) is 10. The topological polar surface area (TPSA) is 115 Å². The second kappa shape index (κ2) is 10.4. The number of thiazole rings is 1. The minimum absolute atomic E-state index is 0.129. The summed E-state index contributed by atoms with van der Waals surface area (Å²) in [6.45, 7) is 3.54. The van der Waals surface area contributed by atoms with Crippen molar-refractivity contribution in [3.05, 3.63) is 62.5 Å². The minimum Gasteiger partial charge on any atom is -0.462 e. The van der Waals surface area contributed by atoms with E-state index in [1.54, 1.807) is 42.2 Å². The molecule has 3 aromatic rings. The molecule has 0 saturated heterocycles. The Morgan fingerprint density at radius 3 is 2.71 bits per heavy atom. The number of anilines is 1. The highest BCUT2D eigenvalue weighted by Crippen LogP contribution is 2.32. The molecular weight excluding hydrogens is 454 g/mol. The van der Waals surface area contributed by atoms with Crippen LogP contribution in [0.3, 0.4) is 0 Å². The third kappa shape index (κ3) is 5.44. The molecule has 3 rings (SSSR count). The number of nitriles is 1. The van der Waals surface area contributed by atoms with Gasteiger partial charge >= 0.3 is 11.9 Å². The van der Waals surface area contributed by atoms with E-state index < -0.39 is 11.9 Å². The standard InChI is InChI=1S/C21H19N3O4S3/c1-3-27-20(26)17-16(15(8-22)18(23)31-17)9-28-19(25)14-7-5-4-6-13(14)11-30-21-24-12(2)10-29-21/h4-7,10H,3,9,11,23H2,1-2H3. The number of carbonyl (C=O) groups is 2. The molecule has 0 bridgehead atoms. The Kier molecular flexibility index (Phi) is 7.68. The Morgan fingerprint density at radius 1 is 1.26 bits per heavy atom. The lowest BCUT2D eigenvalue weighted by atomic mass is 10.1. The molecular formula is C21H19N3O4S3. The summed E-state index contributed by atoms with van der Waals surface area (Å²) in [5.74, 6) is -0.585. The summed E-state index contributed by atoms with van der Waals surface area (Å²) in [4.78, 5) is 29.6. The Balaban J connectivity index is 1.76. The summed E-state index contributed by atoms with van der Waals surface area (Å²) in [5, 5.41) is 11.6. The first-order valence-electron chi connectivity index (χ1n) is 9.22. The van der Waals surface area contributed by atoms with Gasteiger partial charge in [-0.3, -0.25) is 0 Å². The number of nitrogens with zero attached hydrogens (tertiary/aromatic N) is 2. The van der Waals surface area contributed by atoms with Crippen LogP contribution in [0, 0.1) is 18.3 Å². The van der Waals surface area contributed by atoms with Crippen molar-refractivity contribution in [2.24, 2.45) is 0 Å². The number of benzene rings is 1. The molecule has 2 heterocycles. The number of ether oxygens (including phenoxy) is 2. The SMILES string of the molecule is CCOC(=O)c1sc(N)c(C#N)c1COC(=O)c1ccccc1CSc1nc(C)cs1. The lowest BCUT2D eigenvalue weighted by Gasteiger charge is -2.10. The van der Waals surface area contributed by atoms with Gasteiger partial charge in [0.05, 0.1) is 17.7 Å². The number of nitrogen functional groups attached to an aromatic ring is 1. The van der Waals surface area contributed by atoms with E-state index in [-0.39, 0.29) is 34.2 Å². The zero-order valence-electron chi connectivity index (χ0n) is 16.8. The molecule has 0 aliphatic carbocycles. The highest BCUT2D eigenvalue weighted by atomic mass is 32.2. The van der Waals surface area contributed by atoms with Crippen LogP contribution in [0.15, 0.2) is 34.0 Å². The molecule has 0 saturated carbocycles. The van der Waals surface area contributed by atoms with Crippen LogP contribution in [-0.2, 0) is 21.8 Å². The largest absolute Gasteiger partial charge is 0.462 e. The number of thioether (sulfide) groups is 1. The normalized spacial score (nSPS) is 10.5. The fourth-order valence-corrected chi connectivity index (χ4v) is 5.48. The van der Waals surface area contributed by atoms with Gasteiger partial charge in [0.25, 0.3) is 0 Å². The van der Waals surface area contributed by atoms with Crippen molar-refractivity contribution in [3.63, 3.8) is 0 Å². The average Bonchev–Trinajstić information content (AvgIpc) is 3.32. The van der Waals surface area contributed by atoms with Crippen molar-refractivity contribution in [2.45, 2.75) is 30.5 Å². The maximum atomic E-state index is 12.8. The van der Waals surface area contributed by atoms with Crippen LogP contribution in [0.2, 0.25) is 0 Å². The molecule has 160 valence electrons. The molecule has 0 aliphatic heterocycles. The molecule has 10 heteroatoms. The maximum absolute atomic E-state index is 12.8. The van der Waals surface area contributed by atoms with Crippen LogP contribution in [0.25, 0.3) is 0 Å². The van der Waals surface area contributed by atoms with Gasteiger partial charge in [0, 0.05) is 22.4 Å². The number of hydrogen-bond donors (Lipinski definition) is 1. The second-order valence-corrected chi connectivity index (χ2v) is 9.39. The average molecular weight is 474 g/mol. The molecule has 2 aromatic heterocycles. The van der Waals surface area contributed by atoms with Crippen molar-refractivity contribution in [1.29, 1.82) is 5.26 Å². The maximum Gasteiger partial charge on any atom is 0.348 e. The Labute approximate surface area is 191 Å². The Bertz CT molecular complexity index is 1150. The van der Waals surface area contributed by atoms with Crippen molar-refractivity contribution in [2.75, 3.05) is 12.3 Å². The number of carbonyl (C=O) groups excluding carboxylic acids is 2. The van der Waals surface area contributed by atoms with Gasteiger partial charge in [-0.1, -0.05) is 30.0 Å². The fourth-order valence-electron chi connectivity index (χ4n) is 2.71. The Hall–Kier alpha value is -2.87. The van der Waals surface area contributed by atoms with Gasteiger partial charge in [-0.25, -0.2) is 14.6 Å². The molecule has 0 spiro atoms. The van der Waals surface area contributed by atoms with Crippen LogP contribution in [0.1, 0.15) is 49.3 Å². The molecule has 2 N–H and O–H groups in total. The molecule has 0 atom stereocenters. The summed E-state index contributed by atoms with van der Waals surface area (Å²) >= 11 is 4.05. The van der Waals surface area contributed by atoms with Gasteiger partial charge in [0.1, 0.15) is 26.9 Å². The first-order valence-corrected chi connectivity index (χ1v) is 11.9. The van der Waals surface area contributed by atoms with Crippen LogP contribution >= 0.6 is 34.4 Å². The number of esters is 2. The lowest BCUT2D eigenvalue weighted by Crippen LogP contribution is -2.11. The predicted octanol–water partition coefficient (Wildman–Crippen LogP) is 4.79. The number of aromatic nitrogens is 1. The molecule has 31 heavy (non-hydrogen) atoms. The van der Waals surface area contributed by atoms with Crippen molar-refractivity contribution in [1.82, 2.24) is 4.98 Å². The first-order chi connectivity index (χ1) is 14.9. The molecule has 0 radical (unpaired) electrons. The first kappa shape index (κ1) is 22.8. The zero-order valence-corrected chi connectivity index (χ0v) is 19.3. The van der Waals surface area contributed by atoms with Gasteiger partial charge in [-0.2, -0.15) is 5.26 Å². The van der Waals surface area contributed by atoms with Gasteiger partial charge in [0.2, 0.25) is 0 Å². The van der Waals surface area contributed by atoms with Gasteiger partial charge < -0.3 is 15.2 Å². The van der Waals surface area contributed by atoms with E-state index in [0.29, 0.717) is 11.3 Å². The van der Waals surface area contributed by atoms with Crippen molar-refractivity contribution < 1.29 is 19.1 Å². The van der Waals surface area contributed by atoms with Gasteiger partial charge in [0.15, 0.2) is 0 Å². The van der Waals surface area contributed by atoms with Crippen molar-refractivity contribution in [3.8, 4) is 6.07 Å². The summed E-state index contributed by atoms with van der Waals surface area (Å²) in [7, 11) is 0. The minimum atomic E-state index is -0.595. The zero-order chi connectivity index (χ0) is 22.4. The van der Waals surface area contributed by atoms with E-state index in [4.69, 9.17) is 15.2 Å². The van der Waals surface area contributed by atoms with E-state index in [1.165, 1.54) is 0 Å². The molecule has 0 aliphatic rings. The summed E-state index contributed by atoms with van der Waals surface area (Å²) in [6, 6.07) is 9.13. The van der Waals surface area contributed by atoms with Gasteiger partial charge in [-0.15, -0.1) is 22.7 Å². The van der Waals surface area contributed by atoms with Gasteiger partial charge in [-0.05, 0) is 25.5 Å². The Morgan fingerprint density at radius 2 is 2.03 bits per heavy atom. The van der Waals surface area contributed by atoms with E-state index >= 15 is 0 Å². The van der Waals surface area contributed by atoms with E-state index in [9.17, 15) is 14.9 Å². The number of aryl methyl sites for hydroxylation is 1. The summed E-state index contributed by atoms with van der Waals surface area (Å²) in [5.41, 5.74) is 8.44. The molecule has 1 aromatic carbocycles. The number of nitrogens with two attached hydrogens (primary N) is 1. The van der Waals surface area contributed by atoms with Crippen LogP contribution in [0.5, 0.6) is 0 Å². The molecule has 0 unspecified atom stereocenters. The fraction of sp³-hybridized carbons (Fsp3) is 0.238. The van der Waals surface area contributed by atoms with Crippen LogP contribution < -0.4 is 5.73 Å². The molecule has 0 fully saturated rings. The van der Waals surface area contributed by atoms with Crippen LogP contribution in [-0.4, -0.2) is 23.5 Å². The predicted molar refractivity (Wildman–Crippen MR) is 121 cm³/mol. The summed E-state index contributed by atoms with van der Waals surface area (Å²) in [6.07, 6.45) is 0. The monoisotopic (exact) mass is 473 g/mol. The number of thiophene rings is 1. The lowest BCUT2D eigenvalue weighted by molar-refractivity contribution is 0.0452. The number of rotatable bonds is 8. The smallest absolute Gasteiger partial charge is 0.348 e. The highest BCUT2D eigenvalue weighted by Gasteiger charge is 2.24. The highest BCUT2D eigenvalue weighted by molar-refractivity contribution is 8.00. The van der Waals surface area contributed by atoms with E-state index in [1.807, 2.05) is 30.5 Å². The van der Waals surface area contributed by atoms with E-state index in [0.717, 1.165) is 26.9 Å². The van der Waals surface area contributed by atoms with Crippen molar-refractivity contribution >= 4 is 51.4 Å². The molecule has 7 nitrogen and oxygen atoms in total. The third-order valence-electron chi connectivity index (χ3n) is 4.14. The summed E-state index contributed by atoms with van der Waals surface area (Å²) < 4.78 is 11.4. The second-order valence-electron chi connectivity index (χ2n) is 6.26. The molecule has 0 amide bonds. The quantitative estimate of drug-likeness (QED) is 0.367. The third-order valence-corrected chi connectivity index (χ3v) is 7.37.